The van der Waals surface area contributed by atoms with E-state index in [2.05, 4.69) is 6.58 Å². The zero-order valence-corrected chi connectivity index (χ0v) is 11.8. The first-order chi connectivity index (χ1) is 10.4. The fraction of sp³-hybridized carbons (Fsp3) is 0.125. The number of benzene rings is 1. The second-order valence-electron chi connectivity index (χ2n) is 5.13. The summed E-state index contributed by atoms with van der Waals surface area (Å²) in [5, 5.41) is 0. The fourth-order valence-corrected chi connectivity index (χ4v) is 2.48. The Labute approximate surface area is 126 Å². The van der Waals surface area contributed by atoms with E-state index in [1.165, 1.54) is 18.2 Å². The second-order valence-corrected chi connectivity index (χ2v) is 5.13. The molecule has 110 valence electrons. The summed E-state index contributed by atoms with van der Waals surface area (Å²) in [6.45, 7) is 5.32. The highest BCUT2D eigenvalue weighted by molar-refractivity contribution is 6.30. The quantitative estimate of drug-likeness (QED) is 0.608. The van der Waals surface area contributed by atoms with Gasteiger partial charge in [-0.2, -0.15) is 0 Å². The van der Waals surface area contributed by atoms with Crippen LogP contribution in [0, 0.1) is 6.92 Å². The number of hydrogen-bond acceptors (Lipinski definition) is 4. The minimum Gasteiger partial charge on any atom is -0.274 e. The lowest BCUT2D eigenvalue weighted by Crippen LogP contribution is -2.32. The average molecular weight is 296 g/mol. The van der Waals surface area contributed by atoms with Crippen LogP contribution < -0.4 is 9.80 Å². The molecule has 3 rings (SSSR count). The lowest BCUT2D eigenvalue weighted by molar-refractivity contribution is -0.121. The van der Waals surface area contributed by atoms with Gasteiger partial charge in [-0.3, -0.25) is 19.2 Å². The van der Waals surface area contributed by atoms with E-state index in [0.717, 1.165) is 9.80 Å². The smallest absolute Gasteiger partial charge is 0.260 e. The maximum Gasteiger partial charge on any atom is 0.260 e. The van der Waals surface area contributed by atoms with Crippen molar-refractivity contribution >= 4 is 35.0 Å². The van der Waals surface area contributed by atoms with Gasteiger partial charge >= 0.3 is 0 Å². The maximum absolute atomic E-state index is 12.1. The molecule has 0 N–H and O–H groups in total. The van der Waals surface area contributed by atoms with Crippen LogP contribution in [0.3, 0.4) is 0 Å². The van der Waals surface area contributed by atoms with Crippen molar-refractivity contribution in [2.24, 2.45) is 0 Å². The van der Waals surface area contributed by atoms with Crippen molar-refractivity contribution in [3.63, 3.8) is 0 Å². The summed E-state index contributed by atoms with van der Waals surface area (Å²) in [7, 11) is 0. The Morgan fingerprint density at radius 3 is 2.18 bits per heavy atom. The predicted octanol–water partition coefficient (Wildman–Crippen LogP) is 1.24. The number of carbonyl (C=O) groups is 4. The van der Waals surface area contributed by atoms with Crippen LogP contribution in [0.1, 0.15) is 12.0 Å². The molecule has 1 saturated heterocycles. The standard InChI is InChI=1S/C16H12N2O4/c1-9-3-4-11(17-13(19)5-6-14(17)20)8-12(9)18-15(21)7-10(2)16(18)22/h3-6,8H,2,7H2,1H3. The Bertz CT molecular complexity index is 773. The molecule has 2 aliphatic rings. The minimum atomic E-state index is -0.456. The first kappa shape index (κ1) is 13.9. The van der Waals surface area contributed by atoms with Gasteiger partial charge in [-0.15, -0.1) is 0 Å². The first-order valence-corrected chi connectivity index (χ1v) is 6.62. The molecule has 0 unspecified atom stereocenters. The number of nitrogens with zero attached hydrogens (tertiary/aromatic N) is 2. The van der Waals surface area contributed by atoms with Crippen LogP contribution in [0.4, 0.5) is 11.4 Å². The van der Waals surface area contributed by atoms with Crippen molar-refractivity contribution in [3.05, 3.63) is 48.1 Å². The summed E-state index contributed by atoms with van der Waals surface area (Å²) < 4.78 is 0. The number of imide groups is 2. The van der Waals surface area contributed by atoms with Crippen LogP contribution in [0.15, 0.2) is 42.5 Å². The van der Waals surface area contributed by atoms with Gasteiger partial charge in [-0.05, 0) is 24.6 Å². The molecule has 1 aromatic rings. The van der Waals surface area contributed by atoms with E-state index >= 15 is 0 Å². The highest BCUT2D eigenvalue weighted by atomic mass is 16.2. The van der Waals surface area contributed by atoms with Crippen LogP contribution in [-0.4, -0.2) is 23.6 Å². The molecule has 2 heterocycles. The Morgan fingerprint density at radius 1 is 1.00 bits per heavy atom. The summed E-state index contributed by atoms with van der Waals surface area (Å²) in [5.74, 6) is -1.73. The molecule has 0 aliphatic carbocycles. The number of rotatable bonds is 2. The largest absolute Gasteiger partial charge is 0.274 e. The Morgan fingerprint density at radius 2 is 1.64 bits per heavy atom. The van der Waals surface area contributed by atoms with E-state index in [1.807, 2.05) is 0 Å². The molecule has 6 heteroatoms. The zero-order valence-electron chi connectivity index (χ0n) is 11.8. The van der Waals surface area contributed by atoms with Gasteiger partial charge in [0.2, 0.25) is 5.91 Å². The lowest BCUT2D eigenvalue weighted by atomic mass is 10.1. The summed E-state index contributed by atoms with van der Waals surface area (Å²) in [6.07, 6.45) is 2.33. The molecule has 1 aromatic carbocycles. The Kier molecular flexibility index (Phi) is 3.02. The number of aryl methyl sites for hydroxylation is 1. The molecule has 0 saturated carbocycles. The van der Waals surface area contributed by atoms with Crippen LogP contribution in [0.5, 0.6) is 0 Å². The number of hydrogen-bond donors (Lipinski definition) is 0. The molecular formula is C16H12N2O4. The monoisotopic (exact) mass is 296 g/mol. The Balaban J connectivity index is 2.07. The third kappa shape index (κ3) is 1.96. The lowest BCUT2D eigenvalue weighted by Gasteiger charge is -2.20. The van der Waals surface area contributed by atoms with Crippen molar-refractivity contribution in [2.45, 2.75) is 13.3 Å². The molecule has 0 radical (unpaired) electrons. The minimum absolute atomic E-state index is 0.0222. The van der Waals surface area contributed by atoms with Gasteiger partial charge in [0.25, 0.3) is 17.7 Å². The van der Waals surface area contributed by atoms with Gasteiger partial charge in [0, 0.05) is 17.7 Å². The summed E-state index contributed by atoms with van der Waals surface area (Å²) in [4.78, 5) is 49.6. The van der Waals surface area contributed by atoms with Crippen LogP contribution in [-0.2, 0) is 19.2 Å². The molecule has 0 aromatic heterocycles. The van der Waals surface area contributed by atoms with Crippen molar-refractivity contribution in [1.29, 1.82) is 0 Å². The van der Waals surface area contributed by atoms with Gasteiger partial charge in [-0.1, -0.05) is 12.6 Å². The summed E-state index contributed by atoms with van der Waals surface area (Å²) >= 11 is 0. The second kappa shape index (κ2) is 4.77. The Hall–Kier alpha value is -3.02. The van der Waals surface area contributed by atoms with Crippen molar-refractivity contribution < 1.29 is 19.2 Å². The number of amides is 4. The highest BCUT2D eigenvalue weighted by Gasteiger charge is 2.35. The predicted molar refractivity (Wildman–Crippen MR) is 79.1 cm³/mol. The third-order valence-corrected chi connectivity index (χ3v) is 3.62. The third-order valence-electron chi connectivity index (χ3n) is 3.62. The van der Waals surface area contributed by atoms with Gasteiger partial charge in [-0.25, -0.2) is 9.80 Å². The van der Waals surface area contributed by atoms with Gasteiger partial charge < -0.3 is 0 Å². The molecule has 0 atom stereocenters. The zero-order chi connectivity index (χ0) is 16.0. The van der Waals surface area contributed by atoms with Crippen LogP contribution >= 0.6 is 0 Å². The maximum atomic E-state index is 12.1. The van der Waals surface area contributed by atoms with Gasteiger partial charge in [0.1, 0.15) is 0 Å². The van der Waals surface area contributed by atoms with Crippen LogP contribution in [0.2, 0.25) is 0 Å². The van der Waals surface area contributed by atoms with E-state index < -0.39 is 17.7 Å². The highest BCUT2D eigenvalue weighted by Crippen LogP contribution is 2.32. The molecule has 6 nitrogen and oxygen atoms in total. The van der Waals surface area contributed by atoms with E-state index in [9.17, 15) is 19.2 Å². The fourth-order valence-electron chi connectivity index (χ4n) is 2.48. The molecule has 22 heavy (non-hydrogen) atoms. The molecule has 2 aliphatic heterocycles. The number of anilines is 2. The molecule has 0 bridgehead atoms. The van der Waals surface area contributed by atoms with E-state index in [4.69, 9.17) is 0 Å². The topological polar surface area (TPSA) is 74.8 Å². The van der Waals surface area contributed by atoms with E-state index in [0.29, 0.717) is 16.9 Å². The van der Waals surface area contributed by atoms with Crippen LogP contribution in [0.25, 0.3) is 0 Å². The van der Waals surface area contributed by atoms with Crippen molar-refractivity contribution in [2.75, 3.05) is 9.80 Å². The van der Waals surface area contributed by atoms with Gasteiger partial charge in [0.05, 0.1) is 17.8 Å². The van der Waals surface area contributed by atoms with Crippen molar-refractivity contribution in [1.82, 2.24) is 0 Å². The van der Waals surface area contributed by atoms with Crippen molar-refractivity contribution in [3.8, 4) is 0 Å². The van der Waals surface area contributed by atoms with E-state index in [1.54, 1.807) is 19.1 Å². The molecule has 4 amide bonds. The van der Waals surface area contributed by atoms with E-state index in [-0.39, 0.29) is 17.9 Å². The molecule has 0 spiro atoms. The molecule has 1 fully saturated rings. The summed E-state index contributed by atoms with van der Waals surface area (Å²) in [6, 6.07) is 4.75. The van der Waals surface area contributed by atoms with Gasteiger partial charge in [0.15, 0.2) is 0 Å². The first-order valence-electron chi connectivity index (χ1n) is 6.62. The average Bonchev–Trinajstić information content (AvgIpc) is 2.92. The number of carbonyl (C=O) groups excluding carboxylic acids is 4. The SMILES string of the molecule is C=C1CC(=O)N(c2cc(N3C(=O)C=CC3=O)ccc2C)C1=O. The summed E-state index contributed by atoms with van der Waals surface area (Å²) in [5.41, 5.74) is 1.59. The molecular weight excluding hydrogens is 284 g/mol. The normalized spacial score (nSPS) is 18.1.